The highest BCUT2D eigenvalue weighted by atomic mass is 32.2. The number of hydrogen-bond acceptors (Lipinski definition) is 8. The van der Waals surface area contributed by atoms with Gasteiger partial charge >= 0.3 is 12.2 Å². The summed E-state index contributed by atoms with van der Waals surface area (Å²) < 4.78 is 13.0. The molecule has 2 aromatic rings. The van der Waals surface area contributed by atoms with Crippen LogP contribution in [-0.2, 0) is 9.47 Å². The Morgan fingerprint density at radius 1 is 1.06 bits per heavy atom. The molecular weight excluding hydrogens is 468 g/mol. The van der Waals surface area contributed by atoms with Crippen LogP contribution in [0.4, 0.5) is 15.5 Å². The molecule has 1 fully saturated rings. The number of nitrogens with zero attached hydrogens (tertiary/aromatic N) is 6. The Kier molecular flexibility index (Phi) is 7.88. The maximum Gasteiger partial charge on any atom is 0.417 e. The zero-order valence-electron chi connectivity index (χ0n) is 22.3. The summed E-state index contributed by atoms with van der Waals surface area (Å²) in [5, 5.41) is 5.09. The molecule has 0 aliphatic carbocycles. The number of aromatic nitrogens is 4. The Labute approximate surface area is 211 Å². The third-order valence-electron chi connectivity index (χ3n) is 5.45. The maximum absolute atomic E-state index is 13.5. The van der Waals surface area contributed by atoms with Gasteiger partial charge in [0.1, 0.15) is 11.2 Å². The number of thioether (sulfide) groups is 1. The number of ether oxygens (including phenoxy) is 2. The molecule has 0 spiro atoms. The Balaban J connectivity index is 1.99. The molecule has 1 aliphatic rings. The zero-order chi connectivity index (χ0) is 26.1. The van der Waals surface area contributed by atoms with Crippen LogP contribution in [0.1, 0.15) is 79.7 Å². The Bertz CT molecular complexity index is 1060. The first kappa shape index (κ1) is 27.0. The number of anilines is 1. The monoisotopic (exact) mass is 506 g/mol. The standard InChI is InChI=1S/C24H38N6O4S/c1-15(2)17-14-25-30-18(17)26-19(35-9)27-20(30)29(22(32)34-24(6,7)8)16-10-12-28(13-11-16)21(31)33-23(3,4)5/h14-16H,10-13H2,1-9H3. The van der Waals surface area contributed by atoms with Crippen LogP contribution in [0.15, 0.2) is 11.4 Å². The summed E-state index contributed by atoms with van der Waals surface area (Å²) in [4.78, 5) is 38.7. The van der Waals surface area contributed by atoms with Gasteiger partial charge in [0.05, 0.1) is 6.20 Å². The molecule has 2 aromatic heterocycles. The third-order valence-corrected chi connectivity index (χ3v) is 6.00. The SMILES string of the molecule is CSc1nc(N(C(=O)OC(C)(C)C)C2CCN(C(=O)OC(C)(C)C)CC2)n2ncc(C(C)C)c2n1. The fourth-order valence-electron chi connectivity index (χ4n) is 3.85. The van der Waals surface area contributed by atoms with Crippen molar-refractivity contribution in [1.82, 2.24) is 24.5 Å². The molecule has 0 atom stereocenters. The zero-order valence-corrected chi connectivity index (χ0v) is 23.1. The van der Waals surface area contributed by atoms with Crippen molar-refractivity contribution in [2.45, 2.75) is 96.5 Å². The van der Waals surface area contributed by atoms with Gasteiger partial charge in [0.15, 0.2) is 10.8 Å². The first-order valence-corrected chi connectivity index (χ1v) is 13.2. The summed E-state index contributed by atoms with van der Waals surface area (Å²) in [6.45, 7) is 16.1. The van der Waals surface area contributed by atoms with Crippen molar-refractivity contribution in [3.05, 3.63) is 11.8 Å². The summed E-state index contributed by atoms with van der Waals surface area (Å²) in [5.74, 6) is 0.577. The molecular formula is C24H38N6O4S. The summed E-state index contributed by atoms with van der Waals surface area (Å²) in [6, 6.07) is -0.233. The van der Waals surface area contributed by atoms with Crippen LogP contribution >= 0.6 is 11.8 Å². The summed E-state index contributed by atoms with van der Waals surface area (Å²) >= 11 is 1.41. The predicted octanol–water partition coefficient (Wildman–Crippen LogP) is 5.11. The molecule has 11 heteroatoms. The van der Waals surface area contributed by atoms with E-state index in [1.54, 1.807) is 20.5 Å². The van der Waals surface area contributed by atoms with Crippen LogP contribution in [0.2, 0.25) is 0 Å². The molecule has 0 saturated carbocycles. The van der Waals surface area contributed by atoms with Crippen molar-refractivity contribution < 1.29 is 19.1 Å². The van der Waals surface area contributed by atoms with Crippen molar-refractivity contribution in [2.24, 2.45) is 0 Å². The van der Waals surface area contributed by atoms with E-state index in [1.807, 2.05) is 47.8 Å². The van der Waals surface area contributed by atoms with Crippen LogP contribution in [0, 0.1) is 0 Å². The van der Waals surface area contributed by atoms with Gasteiger partial charge in [-0.1, -0.05) is 25.6 Å². The van der Waals surface area contributed by atoms with Gasteiger partial charge < -0.3 is 14.4 Å². The second kappa shape index (κ2) is 10.2. The fraction of sp³-hybridized carbons (Fsp3) is 0.708. The molecule has 35 heavy (non-hydrogen) atoms. The average molecular weight is 507 g/mol. The van der Waals surface area contributed by atoms with Gasteiger partial charge in [-0.2, -0.15) is 14.6 Å². The topological polar surface area (TPSA) is 102 Å². The van der Waals surface area contributed by atoms with Gasteiger partial charge in [0, 0.05) is 24.7 Å². The van der Waals surface area contributed by atoms with E-state index in [-0.39, 0.29) is 18.1 Å². The van der Waals surface area contributed by atoms with Crippen LogP contribution in [-0.4, -0.2) is 73.3 Å². The molecule has 3 heterocycles. The highest BCUT2D eigenvalue weighted by Gasteiger charge is 2.37. The van der Waals surface area contributed by atoms with E-state index in [0.717, 1.165) is 5.56 Å². The summed E-state index contributed by atoms with van der Waals surface area (Å²) in [6.07, 6.45) is 3.94. The predicted molar refractivity (Wildman–Crippen MR) is 136 cm³/mol. The van der Waals surface area contributed by atoms with Crippen molar-refractivity contribution in [1.29, 1.82) is 0 Å². The largest absolute Gasteiger partial charge is 0.444 e. The number of amides is 2. The van der Waals surface area contributed by atoms with Crippen LogP contribution < -0.4 is 4.90 Å². The number of piperidine rings is 1. The lowest BCUT2D eigenvalue weighted by molar-refractivity contribution is 0.0200. The molecule has 3 rings (SSSR count). The molecule has 0 radical (unpaired) electrons. The van der Waals surface area contributed by atoms with Crippen LogP contribution in [0.3, 0.4) is 0 Å². The van der Waals surface area contributed by atoms with E-state index >= 15 is 0 Å². The molecule has 0 unspecified atom stereocenters. The lowest BCUT2D eigenvalue weighted by atomic mass is 10.0. The minimum Gasteiger partial charge on any atom is -0.444 e. The van der Waals surface area contributed by atoms with Gasteiger partial charge in [-0.15, -0.1) is 0 Å². The van der Waals surface area contributed by atoms with E-state index in [1.165, 1.54) is 11.8 Å². The third kappa shape index (κ3) is 6.56. The average Bonchev–Trinajstić information content (AvgIpc) is 3.16. The number of carbonyl (C=O) groups is 2. The normalized spacial score (nSPS) is 15.5. The highest BCUT2D eigenvalue weighted by Crippen LogP contribution is 2.29. The number of hydrogen-bond donors (Lipinski definition) is 0. The second-order valence-electron chi connectivity index (χ2n) is 11.0. The smallest absolute Gasteiger partial charge is 0.417 e. The lowest BCUT2D eigenvalue weighted by Crippen LogP contribution is -2.51. The summed E-state index contributed by atoms with van der Waals surface area (Å²) in [7, 11) is 0. The van der Waals surface area contributed by atoms with Crippen molar-refractivity contribution >= 4 is 35.5 Å². The number of likely N-dealkylation sites (tertiary alicyclic amines) is 1. The molecule has 10 nitrogen and oxygen atoms in total. The number of fused-ring (bicyclic) bond motifs is 1. The minimum absolute atomic E-state index is 0.206. The van der Waals surface area contributed by atoms with E-state index in [9.17, 15) is 9.59 Å². The first-order valence-electron chi connectivity index (χ1n) is 12.0. The fourth-order valence-corrected chi connectivity index (χ4v) is 4.20. The minimum atomic E-state index is -0.686. The Morgan fingerprint density at radius 3 is 2.17 bits per heavy atom. The second-order valence-corrected chi connectivity index (χ2v) is 11.8. The van der Waals surface area contributed by atoms with Crippen molar-refractivity contribution in [3.63, 3.8) is 0 Å². The lowest BCUT2D eigenvalue weighted by Gasteiger charge is -2.38. The van der Waals surface area contributed by atoms with Gasteiger partial charge in [0.25, 0.3) is 0 Å². The molecule has 0 bridgehead atoms. The molecule has 1 aliphatic heterocycles. The van der Waals surface area contributed by atoms with Crippen LogP contribution in [0.25, 0.3) is 5.65 Å². The van der Waals surface area contributed by atoms with E-state index in [2.05, 4.69) is 23.9 Å². The highest BCUT2D eigenvalue weighted by molar-refractivity contribution is 7.98. The van der Waals surface area contributed by atoms with E-state index in [0.29, 0.717) is 42.7 Å². The van der Waals surface area contributed by atoms with E-state index < -0.39 is 17.3 Å². The first-order chi connectivity index (χ1) is 16.2. The maximum atomic E-state index is 13.5. The summed E-state index contributed by atoms with van der Waals surface area (Å²) in [5.41, 5.74) is 0.404. The van der Waals surface area contributed by atoms with Gasteiger partial charge in [-0.05, 0) is 66.6 Å². The van der Waals surface area contributed by atoms with Gasteiger partial charge in [0.2, 0.25) is 5.95 Å². The Hall–Kier alpha value is -2.56. The number of rotatable bonds is 4. The quantitative estimate of drug-likeness (QED) is 0.527. The van der Waals surface area contributed by atoms with Gasteiger partial charge in [-0.25, -0.2) is 19.5 Å². The number of carbonyl (C=O) groups excluding carboxylic acids is 2. The molecule has 0 N–H and O–H groups in total. The molecule has 1 saturated heterocycles. The van der Waals surface area contributed by atoms with Crippen molar-refractivity contribution in [3.8, 4) is 0 Å². The molecule has 2 amide bonds. The van der Waals surface area contributed by atoms with Gasteiger partial charge in [-0.3, -0.25) is 0 Å². The van der Waals surface area contributed by atoms with Crippen molar-refractivity contribution in [2.75, 3.05) is 24.2 Å². The molecule has 0 aromatic carbocycles. The van der Waals surface area contributed by atoms with Crippen LogP contribution in [0.5, 0.6) is 0 Å². The molecule has 194 valence electrons. The Morgan fingerprint density at radius 2 is 1.66 bits per heavy atom. The van der Waals surface area contributed by atoms with E-state index in [4.69, 9.17) is 14.5 Å².